The zero-order chi connectivity index (χ0) is 15.6. The van der Waals surface area contributed by atoms with Crippen molar-refractivity contribution < 1.29 is 4.79 Å². The predicted molar refractivity (Wildman–Crippen MR) is 91.3 cm³/mol. The number of benzene rings is 1. The first-order valence-electron chi connectivity index (χ1n) is 8.05. The standard InChI is InChI=1S/C19H19N3O/c23-13-18-11-17-4-1-3-16(5-2-9-21-10-8-20-14-21)19(17)22(18)12-15-6-7-15/h1-5,8,10-11,13-15H,6-7,9,12H2. The Morgan fingerprint density at radius 1 is 1.30 bits per heavy atom. The van der Waals surface area contributed by atoms with E-state index in [0.29, 0.717) is 0 Å². The lowest BCUT2D eigenvalue weighted by atomic mass is 10.1. The van der Waals surface area contributed by atoms with E-state index in [2.05, 4.69) is 39.9 Å². The first-order chi connectivity index (χ1) is 11.3. The molecule has 116 valence electrons. The molecule has 4 rings (SSSR count). The van der Waals surface area contributed by atoms with Crippen molar-refractivity contribution in [2.45, 2.75) is 25.9 Å². The zero-order valence-electron chi connectivity index (χ0n) is 12.9. The number of imidazole rings is 1. The van der Waals surface area contributed by atoms with E-state index in [-0.39, 0.29) is 0 Å². The fourth-order valence-corrected chi connectivity index (χ4v) is 3.06. The van der Waals surface area contributed by atoms with Gasteiger partial charge in [0.1, 0.15) is 0 Å². The zero-order valence-corrected chi connectivity index (χ0v) is 12.9. The van der Waals surface area contributed by atoms with Crippen LogP contribution >= 0.6 is 0 Å². The number of para-hydroxylation sites is 1. The lowest BCUT2D eigenvalue weighted by Gasteiger charge is -2.09. The minimum Gasteiger partial charge on any atom is -0.338 e. The second-order valence-electron chi connectivity index (χ2n) is 6.19. The topological polar surface area (TPSA) is 39.8 Å². The molecule has 4 nitrogen and oxygen atoms in total. The Bertz CT molecular complexity index is 854. The molecule has 2 aromatic heterocycles. The number of hydrogen-bond acceptors (Lipinski definition) is 2. The molecule has 1 aliphatic carbocycles. The molecule has 0 spiro atoms. The van der Waals surface area contributed by atoms with Gasteiger partial charge in [-0.15, -0.1) is 0 Å². The molecule has 0 aliphatic heterocycles. The van der Waals surface area contributed by atoms with Gasteiger partial charge in [-0.1, -0.05) is 30.4 Å². The summed E-state index contributed by atoms with van der Waals surface area (Å²) >= 11 is 0. The van der Waals surface area contributed by atoms with E-state index in [4.69, 9.17) is 0 Å². The van der Waals surface area contributed by atoms with Crippen molar-refractivity contribution in [2.24, 2.45) is 5.92 Å². The van der Waals surface area contributed by atoms with E-state index in [9.17, 15) is 4.79 Å². The van der Waals surface area contributed by atoms with Gasteiger partial charge < -0.3 is 9.13 Å². The van der Waals surface area contributed by atoms with E-state index in [1.54, 1.807) is 6.20 Å². The fraction of sp³-hybridized carbons (Fsp3) is 0.263. The lowest BCUT2D eigenvalue weighted by Crippen LogP contribution is -2.04. The summed E-state index contributed by atoms with van der Waals surface area (Å²) in [6.07, 6.45) is 13.3. The van der Waals surface area contributed by atoms with Crippen LogP contribution in [0, 0.1) is 5.92 Å². The molecule has 0 atom stereocenters. The summed E-state index contributed by atoms with van der Waals surface area (Å²) in [6.45, 7) is 1.74. The highest BCUT2D eigenvalue weighted by molar-refractivity contribution is 5.94. The van der Waals surface area contributed by atoms with E-state index >= 15 is 0 Å². The maximum absolute atomic E-state index is 11.4. The molecule has 1 saturated carbocycles. The Morgan fingerprint density at radius 2 is 2.22 bits per heavy atom. The second kappa shape index (κ2) is 5.88. The highest BCUT2D eigenvalue weighted by Crippen LogP contribution is 2.34. The van der Waals surface area contributed by atoms with E-state index < -0.39 is 0 Å². The molecule has 1 fully saturated rings. The first kappa shape index (κ1) is 14.0. The summed E-state index contributed by atoms with van der Waals surface area (Å²) in [5.74, 6) is 0.729. The molecule has 0 amide bonds. The van der Waals surface area contributed by atoms with Gasteiger partial charge in [-0.2, -0.15) is 0 Å². The van der Waals surface area contributed by atoms with Crippen LogP contribution in [0.2, 0.25) is 0 Å². The average Bonchev–Trinajstić information content (AvgIpc) is 3.09. The van der Waals surface area contributed by atoms with Gasteiger partial charge in [0.05, 0.1) is 17.5 Å². The molecule has 0 unspecified atom stereocenters. The monoisotopic (exact) mass is 305 g/mol. The van der Waals surface area contributed by atoms with Crippen LogP contribution in [0.15, 0.2) is 49.1 Å². The van der Waals surface area contributed by atoms with Gasteiger partial charge in [0, 0.05) is 30.9 Å². The Morgan fingerprint density at radius 3 is 2.96 bits per heavy atom. The Kier molecular flexibility index (Phi) is 3.58. The Labute approximate surface area is 135 Å². The normalized spacial score (nSPS) is 14.8. The molecule has 0 saturated heterocycles. The van der Waals surface area contributed by atoms with Gasteiger partial charge in [-0.25, -0.2) is 4.98 Å². The first-order valence-corrected chi connectivity index (χ1v) is 8.05. The van der Waals surface area contributed by atoms with Crippen molar-refractivity contribution in [2.75, 3.05) is 0 Å². The Hall–Kier alpha value is -2.62. The van der Waals surface area contributed by atoms with E-state index in [0.717, 1.165) is 41.9 Å². The third kappa shape index (κ3) is 2.84. The maximum atomic E-state index is 11.4. The van der Waals surface area contributed by atoms with Crippen molar-refractivity contribution in [3.8, 4) is 0 Å². The van der Waals surface area contributed by atoms with Crippen molar-refractivity contribution in [1.82, 2.24) is 14.1 Å². The minimum atomic E-state index is 0.729. The molecule has 1 aliphatic rings. The smallest absolute Gasteiger partial charge is 0.166 e. The van der Waals surface area contributed by atoms with E-state index in [1.165, 1.54) is 18.4 Å². The number of carbonyl (C=O) groups is 1. The van der Waals surface area contributed by atoms with Gasteiger partial charge in [-0.3, -0.25) is 4.79 Å². The molecule has 1 aromatic carbocycles. The molecule has 0 bridgehead atoms. The minimum absolute atomic E-state index is 0.729. The average molecular weight is 305 g/mol. The number of aromatic nitrogens is 3. The van der Waals surface area contributed by atoms with Crippen LogP contribution in [-0.4, -0.2) is 20.4 Å². The third-order valence-corrected chi connectivity index (χ3v) is 4.41. The molecule has 4 heteroatoms. The number of allylic oxidation sites excluding steroid dienone is 1. The molecular weight excluding hydrogens is 286 g/mol. The summed E-state index contributed by atoms with van der Waals surface area (Å²) in [7, 11) is 0. The summed E-state index contributed by atoms with van der Waals surface area (Å²) in [6, 6.07) is 8.25. The molecular formula is C19H19N3O. The molecule has 2 heterocycles. The van der Waals surface area contributed by atoms with Crippen LogP contribution in [0.4, 0.5) is 0 Å². The van der Waals surface area contributed by atoms with Crippen LogP contribution in [0.3, 0.4) is 0 Å². The third-order valence-electron chi connectivity index (χ3n) is 4.41. The van der Waals surface area contributed by atoms with Gasteiger partial charge in [-0.05, 0) is 30.4 Å². The van der Waals surface area contributed by atoms with E-state index in [1.807, 2.05) is 23.2 Å². The van der Waals surface area contributed by atoms with Gasteiger partial charge >= 0.3 is 0 Å². The van der Waals surface area contributed by atoms with Crippen molar-refractivity contribution >= 4 is 23.3 Å². The SMILES string of the molecule is O=Cc1cc2cccc(C=CCn3ccnc3)c2n1CC1CC1. The summed E-state index contributed by atoms with van der Waals surface area (Å²) in [4.78, 5) is 15.5. The van der Waals surface area contributed by atoms with Crippen molar-refractivity contribution in [3.63, 3.8) is 0 Å². The van der Waals surface area contributed by atoms with Crippen LogP contribution < -0.4 is 0 Å². The maximum Gasteiger partial charge on any atom is 0.166 e. The highest BCUT2D eigenvalue weighted by atomic mass is 16.1. The summed E-state index contributed by atoms with van der Waals surface area (Å²) < 4.78 is 4.22. The number of rotatable bonds is 6. The van der Waals surface area contributed by atoms with Crippen molar-refractivity contribution in [1.29, 1.82) is 0 Å². The summed E-state index contributed by atoms with van der Waals surface area (Å²) in [5.41, 5.74) is 3.11. The van der Waals surface area contributed by atoms with Gasteiger partial charge in [0.2, 0.25) is 0 Å². The molecule has 0 N–H and O–H groups in total. The van der Waals surface area contributed by atoms with Gasteiger partial charge in [0.15, 0.2) is 6.29 Å². The van der Waals surface area contributed by atoms with Crippen molar-refractivity contribution in [3.05, 3.63) is 60.3 Å². The largest absolute Gasteiger partial charge is 0.338 e. The van der Waals surface area contributed by atoms with Crippen LogP contribution in [0.25, 0.3) is 17.0 Å². The molecule has 3 aromatic rings. The summed E-state index contributed by atoms with van der Waals surface area (Å²) in [5, 5.41) is 1.14. The number of aldehydes is 1. The number of fused-ring (bicyclic) bond motifs is 1. The predicted octanol–water partition coefficient (Wildman–Crippen LogP) is 3.77. The molecule has 23 heavy (non-hydrogen) atoms. The van der Waals surface area contributed by atoms with Gasteiger partial charge in [0.25, 0.3) is 0 Å². The quantitative estimate of drug-likeness (QED) is 0.650. The number of carbonyl (C=O) groups excluding carboxylic acids is 1. The Balaban J connectivity index is 1.71. The fourth-order valence-electron chi connectivity index (χ4n) is 3.06. The number of nitrogens with zero attached hydrogens (tertiary/aromatic N) is 3. The molecule has 0 radical (unpaired) electrons. The lowest BCUT2D eigenvalue weighted by molar-refractivity contribution is 0.111. The van der Waals surface area contributed by atoms with Crippen LogP contribution in [0.5, 0.6) is 0 Å². The van der Waals surface area contributed by atoms with Crippen LogP contribution in [-0.2, 0) is 13.1 Å². The highest BCUT2D eigenvalue weighted by Gasteiger charge is 2.24. The number of hydrogen-bond donors (Lipinski definition) is 0. The second-order valence-corrected chi connectivity index (χ2v) is 6.19. The van der Waals surface area contributed by atoms with Crippen LogP contribution in [0.1, 0.15) is 28.9 Å².